The molecule has 2 rings (SSSR count). The zero-order valence-electron chi connectivity index (χ0n) is 9.80. The Kier molecular flexibility index (Phi) is 3.14. The zero-order valence-corrected chi connectivity index (χ0v) is 9.80. The van der Waals surface area contributed by atoms with Crippen molar-refractivity contribution in [3.8, 4) is 0 Å². The quantitative estimate of drug-likeness (QED) is 0.469. The number of hydrogen-bond acceptors (Lipinski definition) is 5. The van der Waals surface area contributed by atoms with Crippen molar-refractivity contribution in [2.24, 2.45) is 0 Å². The molecule has 92 valence electrons. The van der Waals surface area contributed by atoms with Gasteiger partial charge in [0.15, 0.2) is 0 Å². The van der Waals surface area contributed by atoms with Crippen LogP contribution in [0.25, 0.3) is 0 Å². The molecule has 0 amide bonds. The van der Waals surface area contributed by atoms with E-state index in [1.54, 1.807) is 12.1 Å². The number of rotatable bonds is 2. The first-order chi connectivity index (χ1) is 8.06. The van der Waals surface area contributed by atoms with Crippen LogP contribution in [0.1, 0.15) is 0 Å². The molecule has 1 heterocycles. The molecule has 2 N–H and O–H groups in total. The van der Waals surface area contributed by atoms with Gasteiger partial charge in [-0.15, -0.1) is 0 Å². The minimum Gasteiger partial charge on any atom is -0.398 e. The molecule has 0 radical (unpaired) electrons. The van der Waals surface area contributed by atoms with Crippen LogP contribution in [-0.4, -0.2) is 43.0 Å². The number of nitrogens with zero attached hydrogens (tertiary/aromatic N) is 3. The molecule has 1 fully saturated rings. The van der Waals surface area contributed by atoms with Gasteiger partial charge in [-0.05, 0) is 13.1 Å². The van der Waals surface area contributed by atoms with Crippen molar-refractivity contribution in [3.05, 3.63) is 28.3 Å². The van der Waals surface area contributed by atoms with Crippen LogP contribution in [0, 0.1) is 10.1 Å². The lowest BCUT2D eigenvalue weighted by atomic mass is 10.2. The molecule has 1 saturated heterocycles. The minimum atomic E-state index is -0.407. The Morgan fingerprint density at radius 3 is 2.47 bits per heavy atom. The predicted molar refractivity (Wildman–Crippen MR) is 67.2 cm³/mol. The van der Waals surface area contributed by atoms with E-state index >= 15 is 0 Å². The molecule has 1 aromatic rings. The van der Waals surface area contributed by atoms with Gasteiger partial charge in [0.2, 0.25) is 0 Å². The van der Waals surface area contributed by atoms with Gasteiger partial charge in [0.05, 0.1) is 4.92 Å². The monoisotopic (exact) mass is 236 g/mol. The number of nitrogen functional groups attached to an aromatic ring is 1. The molecule has 6 heteroatoms. The molecule has 17 heavy (non-hydrogen) atoms. The predicted octanol–water partition coefficient (Wildman–Crippen LogP) is 0.929. The molecule has 1 aliphatic heterocycles. The summed E-state index contributed by atoms with van der Waals surface area (Å²) in [6.45, 7) is 3.67. The molecule has 0 atom stereocenters. The van der Waals surface area contributed by atoms with Crippen molar-refractivity contribution < 1.29 is 4.92 Å². The Hall–Kier alpha value is -1.82. The maximum absolute atomic E-state index is 10.8. The van der Waals surface area contributed by atoms with Crippen molar-refractivity contribution in [1.82, 2.24) is 4.90 Å². The van der Waals surface area contributed by atoms with Gasteiger partial charge in [0, 0.05) is 49.7 Å². The maximum Gasteiger partial charge on any atom is 0.273 e. The Bertz CT molecular complexity index is 427. The van der Waals surface area contributed by atoms with Crippen LogP contribution in [0.3, 0.4) is 0 Å². The molecule has 0 aromatic heterocycles. The summed E-state index contributed by atoms with van der Waals surface area (Å²) in [5.41, 5.74) is 7.02. The second kappa shape index (κ2) is 4.58. The third-order valence-electron chi connectivity index (χ3n) is 3.00. The number of likely N-dealkylation sites (N-methyl/N-ethyl adjacent to an activating group) is 1. The highest BCUT2D eigenvalue weighted by molar-refractivity contribution is 5.62. The average molecular weight is 236 g/mol. The molecule has 6 nitrogen and oxygen atoms in total. The number of piperazine rings is 1. The minimum absolute atomic E-state index is 0.0546. The van der Waals surface area contributed by atoms with Crippen molar-refractivity contribution in [2.45, 2.75) is 0 Å². The van der Waals surface area contributed by atoms with Crippen LogP contribution < -0.4 is 10.6 Å². The van der Waals surface area contributed by atoms with Gasteiger partial charge in [-0.3, -0.25) is 10.1 Å². The Labute approximate surface area is 99.8 Å². The Balaban J connectivity index is 2.23. The lowest BCUT2D eigenvalue weighted by Gasteiger charge is -2.34. The highest BCUT2D eigenvalue weighted by Gasteiger charge is 2.17. The van der Waals surface area contributed by atoms with Gasteiger partial charge in [-0.25, -0.2) is 0 Å². The fourth-order valence-corrected chi connectivity index (χ4v) is 1.97. The Morgan fingerprint density at radius 1 is 1.24 bits per heavy atom. The lowest BCUT2D eigenvalue weighted by molar-refractivity contribution is -0.384. The third kappa shape index (κ3) is 2.65. The van der Waals surface area contributed by atoms with Gasteiger partial charge in [0.1, 0.15) is 0 Å². The first-order valence-electron chi connectivity index (χ1n) is 5.55. The topological polar surface area (TPSA) is 75.6 Å². The van der Waals surface area contributed by atoms with Gasteiger partial charge in [-0.2, -0.15) is 0 Å². The van der Waals surface area contributed by atoms with Crippen molar-refractivity contribution in [1.29, 1.82) is 0 Å². The van der Waals surface area contributed by atoms with Gasteiger partial charge >= 0.3 is 0 Å². The second-order valence-electron chi connectivity index (χ2n) is 4.33. The SMILES string of the molecule is CN1CCN(c2cc(N)cc([N+](=O)[O-])c2)CC1. The van der Waals surface area contributed by atoms with E-state index in [0.717, 1.165) is 31.9 Å². The summed E-state index contributed by atoms with van der Waals surface area (Å²) < 4.78 is 0. The number of hydrogen-bond donors (Lipinski definition) is 1. The summed E-state index contributed by atoms with van der Waals surface area (Å²) in [6.07, 6.45) is 0. The first-order valence-corrected chi connectivity index (χ1v) is 5.55. The summed E-state index contributed by atoms with van der Waals surface area (Å²) in [5.74, 6) is 0. The van der Waals surface area contributed by atoms with E-state index in [9.17, 15) is 10.1 Å². The maximum atomic E-state index is 10.8. The van der Waals surface area contributed by atoms with Crippen LogP contribution in [0.5, 0.6) is 0 Å². The third-order valence-corrected chi connectivity index (χ3v) is 3.00. The molecule has 0 unspecified atom stereocenters. The largest absolute Gasteiger partial charge is 0.398 e. The van der Waals surface area contributed by atoms with Crippen molar-refractivity contribution >= 4 is 17.1 Å². The normalized spacial score (nSPS) is 17.1. The van der Waals surface area contributed by atoms with Crippen molar-refractivity contribution in [2.75, 3.05) is 43.9 Å². The number of non-ortho nitro benzene ring substituents is 1. The highest BCUT2D eigenvalue weighted by atomic mass is 16.6. The summed E-state index contributed by atoms with van der Waals surface area (Å²) in [6, 6.07) is 4.76. The van der Waals surface area contributed by atoms with E-state index in [4.69, 9.17) is 5.73 Å². The number of nitro groups is 1. The van der Waals surface area contributed by atoms with Crippen molar-refractivity contribution in [3.63, 3.8) is 0 Å². The first kappa shape index (κ1) is 11.7. The van der Waals surface area contributed by atoms with E-state index in [1.165, 1.54) is 6.07 Å². The van der Waals surface area contributed by atoms with Crippen LogP contribution in [0.15, 0.2) is 18.2 Å². The van der Waals surface area contributed by atoms with Gasteiger partial charge in [0.25, 0.3) is 5.69 Å². The number of nitrogens with two attached hydrogens (primary N) is 1. The average Bonchev–Trinajstić information content (AvgIpc) is 2.29. The smallest absolute Gasteiger partial charge is 0.273 e. The lowest BCUT2D eigenvalue weighted by Crippen LogP contribution is -2.44. The molecule has 1 aromatic carbocycles. The highest BCUT2D eigenvalue weighted by Crippen LogP contribution is 2.26. The van der Waals surface area contributed by atoms with Crippen LogP contribution in [0.2, 0.25) is 0 Å². The number of nitro benzene ring substituents is 1. The van der Waals surface area contributed by atoms with Crippen LogP contribution in [-0.2, 0) is 0 Å². The molecule has 0 bridgehead atoms. The van der Waals surface area contributed by atoms with E-state index in [-0.39, 0.29) is 5.69 Å². The molecular weight excluding hydrogens is 220 g/mol. The van der Waals surface area contributed by atoms with Crippen LogP contribution >= 0.6 is 0 Å². The molecule has 0 spiro atoms. The zero-order chi connectivity index (χ0) is 12.4. The molecular formula is C11H16N4O2. The standard InChI is InChI=1S/C11H16N4O2/c1-13-2-4-14(5-3-13)10-6-9(12)7-11(8-10)15(16)17/h6-8H,2-5,12H2,1H3. The summed E-state index contributed by atoms with van der Waals surface area (Å²) in [5, 5.41) is 10.8. The van der Waals surface area contributed by atoms with E-state index in [0.29, 0.717) is 5.69 Å². The molecule has 0 aliphatic carbocycles. The number of anilines is 2. The number of benzene rings is 1. The van der Waals surface area contributed by atoms with Gasteiger partial charge < -0.3 is 15.5 Å². The fourth-order valence-electron chi connectivity index (χ4n) is 1.97. The van der Waals surface area contributed by atoms with E-state index < -0.39 is 4.92 Å². The summed E-state index contributed by atoms with van der Waals surface area (Å²) >= 11 is 0. The van der Waals surface area contributed by atoms with Crippen LogP contribution in [0.4, 0.5) is 17.1 Å². The fraction of sp³-hybridized carbons (Fsp3) is 0.455. The Morgan fingerprint density at radius 2 is 1.88 bits per heavy atom. The molecule has 1 aliphatic rings. The summed E-state index contributed by atoms with van der Waals surface area (Å²) in [4.78, 5) is 14.7. The molecule has 0 saturated carbocycles. The second-order valence-corrected chi connectivity index (χ2v) is 4.33. The van der Waals surface area contributed by atoms with Gasteiger partial charge in [-0.1, -0.05) is 0 Å². The summed E-state index contributed by atoms with van der Waals surface area (Å²) in [7, 11) is 2.07. The van der Waals surface area contributed by atoms with E-state index in [1.807, 2.05) is 0 Å². The van der Waals surface area contributed by atoms with E-state index in [2.05, 4.69) is 16.8 Å².